The van der Waals surface area contributed by atoms with Crippen molar-refractivity contribution in [1.29, 1.82) is 0 Å². The monoisotopic (exact) mass is 405 g/mol. The summed E-state index contributed by atoms with van der Waals surface area (Å²) in [7, 11) is 1.68. The topological polar surface area (TPSA) is 72.5 Å². The zero-order valence-corrected chi connectivity index (χ0v) is 16.9. The number of aromatic nitrogens is 4. The van der Waals surface area contributed by atoms with Gasteiger partial charge in [-0.05, 0) is 37.1 Å². The lowest BCUT2D eigenvalue weighted by molar-refractivity contribution is -0.117. The zero-order valence-electron chi connectivity index (χ0n) is 16.1. The highest BCUT2D eigenvalue weighted by molar-refractivity contribution is 8.00. The Labute approximate surface area is 171 Å². The lowest BCUT2D eigenvalue weighted by Gasteiger charge is -2.21. The van der Waals surface area contributed by atoms with Crippen LogP contribution in [-0.2, 0) is 18.3 Å². The summed E-state index contributed by atoms with van der Waals surface area (Å²) in [4.78, 5) is 27.6. The van der Waals surface area contributed by atoms with Gasteiger partial charge in [0.1, 0.15) is 0 Å². The maximum atomic E-state index is 13.1. The molecule has 7 nitrogen and oxygen atoms in total. The van der Waals surface area contributed by atoms with Crippen molar-refractivity contribution in [3.63, 3.8) is 0 Å². The molecule has 0 fully saturated rings. The molecule has 0 saturated carbocycles. The van der Waals surface area contributed by atoms with Gasteiger partial charge in [-0.1, -0.05) is 42.1 Å². The summed E-state index contributed by atoms with van der Waals surface area (Å²) < 4.78 is 3.34. The molecule has 0 spiro atoms. The molecule has 1 unspecified atom stereocenters. The quantitative estimate of drug-likeness (QED) is 0.490. The first-order valence-corrected chi connectivity index (χ1v) is 10.3. The van der Waals surface area contributed by atoms with E-state index in [1.165, 1.54) is 21.9 Å². The van der Waals surface area contributed by atoms with Gasteiger partial charge in [-0.15, -0.1) is 10.2 Å². The van der Waals surface area contributed by atoms with Gasteiger partial charge in [0.25, 0.3) is 5.56 Å². The molecule has 0 bridgehead atoms. The molecule has 1 amide bonds. The van der Waals surface area contributed by atoms with Gasteiger partial charge in [0.05, 0.1) is 16.2 Å². The fraction of sp³-hybridized carbons (Fsp3) is 0.238. The van der Waals surface area contributed by atoms with Gasteiger partial charge >= 0.3 is 0 Å². The minimum atomic E-state index is -0.343. The Balaban J connectivity index is 1.53. The molecule has 0 N–H and O–H groups in total. The Bertz CT molecular complexity index is 1330. The van der Waals surface area contributed by atoms with E-state index in [2.05, 4.69) is 16.3 Å². The Morgan fingerprint density at radius 1 is 1.10 bits per heavy atom. The molecule has 0 aliphatic carbocycles. The van der Waals surface area contributed by atoms with Crippen molar-refractivity contribution in [2.24, 2.45) is 7.05 Å². The van der Waals surface area contributed by atoms with Gasteiger partial charge in [0.15, 0.2) is 5.16 Å². The average Bonchev–Trinajstić information content (AvgIpc) is 3.36. The Hall–Kier alpha value is -3.13. The van der Waals surface area contributed by atoms with Gasteiger partial charge in [-0.2, -0.15) is 0 Å². The fourth-order valence-electron chi connectivity index (χ4n) is 3.88. The van der Waals surface area contributed by atoms with E-state index in [0.717, 1.165) is 17.6 Å². The van der Waals surface area contributed by atoms with Crippen LogP contribution in [0, 0.1) is 0 Å². The van der Waals surface area contributed by atoms with E-state index in [-0.39, 0.29) is 16.7 Å². The van der Waals surface area contributed by atoms with Crippen LogP contribution in [-0.4, -0.2) is 36.9 Å². The number of carbonyl (C=O) groups excluding carboxylic acids is 1. The van der Waals surface area contributed by atoms with E-state index in [4.69, 9.17) is 0 Å². The number of hydrogen-bond donors (Lipinski definition) is 0. The molecule has 0 saturated heterocycles. The molecule has 3 heterocycles. The smallest absolute Gasteiger partial charge is 0.262 e. The molecule has 146 valence electrons. The van der Waals surface area contributed by atoms with Gasteiger partial charge in [0, 0.05) is 19.3 Å². The molecule has 8 heteroatoms. The summed E-state index contributed by atoms with van der Waals surface area (Å²) in [5, 5.41) is 9.34. The van der Waals surface area contributed by atoms with Crippen molar-refractivity contribution < 1.29 is 4.79 Å². The van der Waals surface area contributed by atoms with E-state index in [1.54, 1.807) is 13.1 Å². The first-order chi connectivity index (χ1) is 14.1. The fourth-order valence-corrected chi connectivity index (χ4v) is 4.80. The number of hydrogen-bond acceptors (Lipinski definition) is 5. The van der Waals surface area contributed by atoms with Crippen molar-refractivity contribution in [3.05, 3.63) is 64.4 Å². The summed E-state index contributed by atoms with van der Waals surface area (Å²) in [5.74, 6) is 0.508. The normalized spacial score (nSPS) is 14.5. The largest absolute Gasteiger partial charge is 0.311 e. The standard InChI is InChI=1S/C21H19N5O2S/c1-13(18(27)25-12-11-14-7-3-5-9-16(14)25)29-21-23-22-20-24(2)19(28)15-8-4-6-10-17(15)26(20)21/h3-10,13H,11-12H2,1-2H3. The predicted octanol–water partition coefficient (Wildman–Crippen LogP) is 2.65. The highest BCUT2D eigenvalue weighted by atomic mass is 32.2. The van der Waals surface area contributed by atoms with Crippen molar-refractivity contribution >= 4 is 40.0 Å². The minimum Gasteiger partial charge on any atom is -0.311 e. The van der Waals surface area contributed by atoms with Crippen molar-refractivity contribution in [2.45, 2.75) is 23.8 Å². The second-order valence-electron chi connectivity index (χ2n) is 7.13. The van der Waals surface area contributed by atoms with Crippen LogP contribution >= 0.6 is 11.8 Å². The van der Waals surface area contributed by atoms with E-state index in [9.17, 15) is 9.59 Å². The summed E-state index contributed by atoms with van der Waals surface area (Å²) >= 11 is 1.36. The van der Waals surface area contributed by atoms with Gasteiger partial charge < -0.3 is 4.90 Å². The number of amides is 1. The first kappa shape index (κ1) is 17.9. The summed E-state index contributed by atoms with van der Waals surface area (Å²) in [5.41, 5.74) is 2.81. The van der Waals surface area contributed by atoms with Crippen molar-refractivity contribution in [3.8, 4) is 0 Å². The number of carbonyl (C=O) groups is 1. The van der Waals surface area contributed by atoms with E-state index in [0.29, 0.717) is 22.9 Å². The number of anilines is 1. The first-order valence-electron chi connectivity index (χ1n) is 9.45. The average molecular weight is 405 g/mol. The molecule has 0 radical (unpaired) electrons. The summed E-state index contributed by atoms with van der Waals surface area (Å²) in [6.45, 7) is 2.58. The molecule has 1 aliphatic heterocycles. The molecule has 4 aromatic rings. The number of nitrogens with zero attached hydrogens (tertiary/aromatic N) is 5. The highest BCUT2D eigenvalue weighted by Gasteiger charge is 2.29. The van der Waals surface area contributed by atoms with Gasteiger partial charge in [-0.25, -0.2) is 0 Å². The second kappa shape index (κ2) is 6.73. The number of fused-ring (bicyclic) bond motifs is 4. The molecule has 29 heavy (non-hydrogen) atoms. The number of benzene rings is 2. The van der Waals surface area contributed by atoms with Gasteiger partial charge in [-0.3, -0.25) is 18.6 Å². The number of para-hydroxylation sites is 2. The lowest BCUT2D eigenvalue weighted by atomic mass is 10.2. The van der Waals surface area contributed by atoms with E-state index >= 15 is 0 Å². The predicted molar refractivity (Wildman–Crippen MR) is 114 cm³/mol. The maximum Gasteiger partial charge on any atom is 0.262 e. The second-order valence-corrected chi connectivity index (χ2v) is 8.44. The zero-order chi connectivity index (χ0) is 20.1. The Morgan fingerprint density at radius 3 is 2.72 bits per heavy atom. The number of thioether (sulfide) groups is 1. The highest BCUT2D eigenvalue weighted by Crippen LogP contribution is 2.31. The van der Waals surface area contributed by atoms with Crippen molar-refractivity contribution in [2.75, 3.05) is 11.4 Å². The third-order valence-corrected chi connectivity index (χ3v) is 6.41. The SMILES string of the molecule is CC(Sc1nnc2n(C)c(=O)c3ccccc3n12)C(=O)N1CCc2ccccc21. The van der Waals surface area contributed by atoms with Crippen LogP contribution in [0.1, 0.15) is 12.5 Å². The molecular formula is C21H19N5O2S. The number of rotatable bonds is 3. The summed E-state index contributed by atoms with van der Waals surface area (Å²) in [6.07, 6.45) is 0.875. The van der Waals surface area contributed by atoms with E-state index in [1.807, 2.05) is 52.6 Å². The van der Waals surface area contributed by atoms with Crippen LogP contribution in [0.5, 0.6) is 0 Å². The number of aryl methyl sites for hydroxylation is 1. The molecule has 1 atom stereocenters. The summed E-state index contributed by atoms with van der Waals surface area (Å²) in [6, 6.07) is 15.4. The Kier molecular flexibility index (Phi) is 4.16. The lowest BCUT2D eigenvalue weighted by Crippen LogP contribution is -2.35. The minimum absolute atomic E-state index is 0.0471. The molecule has 2 aromatic carbocycles. The van der Waals surface area contributed by atoms with E-state index < -0.39 is 0 Å². The molecule has 2 aromatic heterocycles. The molecule has 5 rings (SSSR count). The third kappa shape index (κ3) is 2.74. The molecular weight excluding hydrogens is 386 g/mol. The van der Waals surface area contributed by atoms with Crippen LogP contribution < -0.4 is 10.5 Å². The van der Waals surface area contributed by atoms with Gasteiger partial charge in [0.2, 0.25) is 11.7 Å². The van der Waals surface area contributed by atoms with Crippen molar-refractivity contribution in [1.82, 2.24) is 19.2 Å². The van der Waals surface area contributed by atoms with Crippen LogP contribution in [0.25, 0.3) is 16.7 Å². The van der Waals surface area contributed by atoms with Crippen LogP contribution in [0.15, 0.2) is 58.5 Å². The van der Waals surface area contributed by atoms with Crippen LogP contribution in [0.2, 0.25) is 0 Å². The van der Waals surface area contributed by atoms with Crippen LogP contribution in [0.3, 0.4) is 0 Å². The molecule has 1 aliphatic rings. The Morgan fingerprint density at radius 2 is 1.86 bits per heavy atom. The van der Waals surface area contributed by atoms with Crippen LogP contribution in [0.4, 0.5) is 5.69 Å². The third-order valence-electron chi connectivity index (χ3n) is 5.38. The maximum absolute atomic E-state index is 13.1.